The molecular weight excluding hydrogens is 372 g/mol. The van der Waals surface area contributed by atoms with Crippen LogP contribution >= 0.6 is 0 Å². The van der Waals surface area contributed by atoms with Crippen molar-refractivity contribution in [2.24, 2.45) is 17.1 Å². The highest BCUT2D eigenvalue weighted by molar-refractivity contribution is 6.34. The fraction of sp³-hybridized carbons (Fsp3) is 0.591. The molecule has 4 atom stereocenters. The number of hydrogen-bond acceptors (Lipinski definition) is 6. The number of aliphatic carboxylic acids is 1. The molecule has 0 amide bonds. The third-order valence-corrected chi connectivity index (χ3v) is 5.90. The number of carbonyl (C=O) groups excluding carboxylic acids is 2. The van der Waals surface area contributed by atoms with E-state index in [1.165, 1.54) is 0 Å². The van der Waals surface area contributed by atoms with Gasteiger partial charge in [-0.2, -0.15) is 0 Å². The minimum absolute atomic E-state index is 0.00982. The highest BCUT2D eigenvalue weighted by Crippen LogP contribution is 2.50. The lowest BCUT2D eigenvalue weighted by atomic mass is 9.66. The van der Waals surface area contributed by atoms with Crippen LogP contribution < -0.4 is 11.1 Å². The van der Waals surface area contributed by atoms with Gasteiger partial charge in [-0.1, -0.05) is 45.4 Å². The molecule has 1 aromatic rings. The minimum atomic E-state index is -1.89. The highest BCUT2D eigenvalue weighted by Gasteiger charge is 2.54. The lowest BCUT2D eigenvalue weighted by Crippen LogP contribution is -2.59. The van der Waals surface area contributed by atoms with Crippen LogP contribution in [0.5, 0.6) is 0 Å². The quantitative estimate of drug-likeness (QED) is 0.494. The molecule has 1 aliphatic heterocycles. The zero-order valence-corrected chi connectivity index (χ0v) is 17.2. The summed E-state index contributed by atoms with van der Waals surface area (Å²) in [5.41, 5.74) is 5.90. The summed E-state index contributed by atoms with van der Waals surface area (Å²) in [5, 5.41) is 13.6. The van der Waals surface area contributed by atoms with Crippen molar-refractivity contribution in [3.8, 4) is 0 Å². The van der Waals surface area contributed by atoms with E-state index >= 15 is 0 Å². The molecule has 158 valence electrons. The molecule has 7 nitrogen and oxygen atoms in total. The van der Waals surface area contributed by atoms with Gasteiger partial charge in [-0.25, -0.2) is 4.79 Å². The van der Waals surface area contributed by atoms with Crippen molar-refractivity contribution < 1.29 is 24.2 Å². The largest absolute Gasteiger partial charge is 0.480 e. The number of ether oxygens (including phenoxy) is 1. The van der Waals surface area contributed by atoms with Crippen molar-refractivity contribution in [1.29, 1.82) is 0 Å². The predicted octanol–water partition coefficient (Wildman–Crippen LogP) is 2.70. The van der Waals surface area contributed by atoms with Gasteiger partial charge in [0.1, 0.15) is 5.54 Å². The molecule has 0 spiro atoms. The van der Waals surface area contributed by atoms with Crippen LogP contribution in [0.4, 0.5) is 5.69 Å². The van der Waals surface area contributed by atoms with Crippen LogP contribution in [-0.2, 0) is 19.1 Å². The first kappa shape index (κ1) is 21.3. The predicted molar refractivity (Wildman–Crippen MR) is 109 cm³/mol. The number of para-hydroxylation sites is 1. The average molecular weight is 402 g/mol. The Hall–Kier alpha value is -2.41. The molecule has 4 unspecified atom stereocenters. The Morgan fingerprint density at radius 2 is 1.90 bits per heavy atom. The number of fused-ring (bicyclic) bond motifs is 2. The monoisotopic (exact) mass is 402 g/mol. The lowest BCUT2D eigenvalue weighted by molar-refractivity contribution is -0.158. The Morgan fingerprint density at radius 1 is 1.21 bits per heavy atom. The van der Waals surface area contributed by atoms with Crippen molar-refractivity contribution in [1.82, 2.24) is 0 Å². The molecule has 4 N–H and O–H groups in total. The number of carbonyl (C=O) groups is 3. The fourth-order valence-electron chi connectivity index (χ4n) is 4.58. The van der Waals surface area contributed by atoms with Crippen LogP contribution in [0.1, 0.15) is 57.9 Å². The van der Waals surface area contributed by atoms with E-state index in [4.69, 9.17) is 10.5 Å². The SMILES string of the molecule is CC(C)(C)COC(=O)C(=O)CC(N)(C(=O)O)C1c2ccccc2NC2CCCC21. The van der Waals surface area contributed by atoms with Crippen LogP contribution in [0.15, 0.2) is 24.3 Å². The van der Waals surface area contributed by atoms with Gasteiger partial charge in [0.15, 0.2) is 0 Å². The van der Waals surface area contributed by atoms with Crippen molar-refractivity contribution in [2.45, 2.75) is 64.0 Å². The average Bonchev–Trinajstić information content (AvgIpc) is 3.10. The number of carboxylic acids is 1. The van der Waals surface area contributed by atoms with Gasteiger partial charge < -0.3 is 20.9 Å². The topological polar surface area (TPSA) is 119 Å². The Balaban J connectivity index is 1.90. The van der Waals surface area contributed by atoms with Gasteiger partial charge >= 0.3 is 11.9 Å². The first-order chi connectivity index (χ1) is 13.5. The standard InChI is InChI=1S/C22H30N2O5/c1-21(2,3)12-29-19(26)17(25)11-22(23,20(27)28)18-13-7-4-5-9-15(13)24-16-10-6-8-14(16)18/h4-5,7,9,14,16,18,24H,6,8,10-12,23H2,1-3H3,(H,27,28). The van der Waals surface area contributed by atoms with Gasteiger partial charge in [-0.15, -0.1) is 0 Å². The second-order valence-electron chi connectivity index (χ2n) is 9.49. The van der Waals surface area contributed by atoms with Gasteiger partial charge in [0, 0.05) is 24.1 Å². The zero-order valence-electron chi connectivity index (χ0n) is 17.2. The third kappa shape index (κ3) is 4.29. The van der Waals surface area contributed by atoms with Crippen molar-refractivity contribution in [2.75, 3.05) is 11.9 Å². The molecule has 7 heteroatoms. The summed E-state index contributed by atoms with van der Waals surface area (Å²) in [6, 6.07) is 7.59. The molecule has 3 rings (SSSR count). The summed E-state index contributed by atoms with van der Waals surface area (Å²) in [5.74, 6) is -3.78. The van der Waals surface area contributed by atoms with E-state index in [0.29, 0.717) is 0 Å². The minimum Gasteiger partial charge on any atom is -0.480 e. The van der Waals surface area contributed by atoms with Crippen LogP contribution in [0.3, 0.4) is 0 Å². The van der Waals surface area contributed by atoms with E-state index in [-0.39, 0.29) is 24.0 Å². The number of hydrogen-bond donors (Lipinski definition) is 3. The Bertz CT molecular complexity index is 816. The molecule has 2 aliphatic rings. The first-order valence-electron chi connectivity index (χ1n) is 10.1. The van der Waals surface area contributed by atoms with Crippen LogP contribution in [0.2, 0.25) is 0 Å². The molecule has 29 heavy (non-hydrogen) atoms. The van der Waals surface area contributed by atoms with Crippen molar-refractivity contribution in [3.05, 3.63) is 29.8 Å². The summed E-state index contributed by atoms with van der Waals surface area (Å²) in [6.07, 6.45) is 2.12. The second kappa shape index (κ2) is 7.78. The smallest absolute Gasteiger partial charge is 0.374 e. The molecule has 0 radical (unpaired) electrons. The normalized spacial score (nSPS) is 25.2. The zero-order chi connectivity index (χ0) is 21.4. The number of anilines is 1. The van der Waals surface area contributed by atoms with Gasteiger partial charge in [0.05, 0.1) is 6.61 Å². The molecule has 0 saturated heterocycles. The number of esters is 1. The molecule has 0 bridgehead atoms. The van der Waals surface area contributed by atoms with Crippen LogP contribution in [-0.4, -0.2) is 41.0 Å². The summed E-state index contributed by atoms with van der Waals surface area (Å²) in [7, 11) is 0. The Labute approximate surface area is 171 Å². The molecule has 1 heterocycles. The first-order valence-corrected chi connectivity index (χ1v) is 10.1. The van der Waals surface area contributed by atoms with Gasteiger partial charge in [-0.3, -0.25) is 9.59 Å². The van der Waals surface area contributed by atoms with Gasteiger partial charge in [0.25, 0.3) is 0 Å². The molecule has 0 aromatic heterocycles. The molecule has 1 aromatic carbocycles. The number of nitrogens with one attached hydrogen (secondary N) is 1. The molecule has 1 fully saturated rings. The second-order valence-corrected chi connectivity index (χ2v) is 9.49. The van der Waals surface area contributed by atoms with E-state index in [0.717, 1.165) is 30.5 Å². The summed E-state index contributed by atoms with van der Waals surface area (Å²) in [6.45, 7) is 5.70. The summed E-state index contributed by atoms with van der Waals surface area (Å²) in [4.78, 5) is 37.2. The van der Waals surface area contributed by atoms with E-state index in [2.05, 4.69) is 5.32 Å². The van der Waals surface area contributed by atoms with Gasteiger partial charge in [-0.05, 0) is 35.8 Å². The van der Waals surface area contributed by atoms with Crippen LogP contribution in [0.25, 0.3) is 0 Å². The summed E-state index contributed by atoms with van der Waals surface area (Å²) < 4.78 is 5.09. The van der Waals surface area contributed by atoms with Crippen molar-refractivity contribution in [3.63, 3.8) is 0 Å². The fourth-order valence-corrected chi connectivity index (χ4v) is 4.58. The van der Waals surface area contributed by atoms with E-state index in [1.807, 2.05) is 45.0 Å². The number of benzene rings is 1. The molecule has 1 saturated carbocycles. The number of ketones is 1. The van der Waals surface area contributed by atoms with E-state index in [9.17, 15) is 19.5 Å². The Morgan fingerprint density at radius 3 is 2.55 bits per heavy atom. The number of Topliss-reactive ketones (excluding diaryl/α,β-unsaturated/α-hetero) is 1. The number of rotatable bonds is 6. The number of nitrogens with two attached hydrogens (primary N) is 1. The maximum absolute atomic E-state index is 12.6. The molecule has 1 aliphatic carbocycles. The maximum Gasteiger partial charge on any atom is 0.374 e. The summed E-state index contributed by atoms with van der Waals surface area (Å²) >= 11 is 0. The lowest BCUT2D eigenvalue weighted by Gasteiger charge is -2.44. The third-order valence-electron chi connectivity index (χ3n) is 5.90. The van der Waals surface area contributed by atoms with Crippen LogP contribution in [0, 0.1) is 11.3 Å². The van der Waals surface area contributed by atoms with Crippen molar-refractivity contribution >= 4 is 23.4 Å². The highest BCUT2D eigenvalue weighted by atomic mass is 16.5. The maximum atomic E-state index is 12.6. The molecular formula is C22H30N2O5. The van der Waals surface area contributed by atoms with E-state index in [1.54, 1.807) is 0 Å². The van der Waals surface area contributed by atoms with Gasteiger partial charge in [0.2, 0.25) is 5.78 Å². The van der Waals surface area contributed by atoms with E-state index < -0.39 is 35.6 Å². The number of carboxylic acid groups (broad SMARTS) is 1. The Kier molecular flexibility index (Phi) is 5.72.